The molecule has 1 aromatic heterocycles. The average Bonchev–Trinajstić information content (AvgIpc) is 2.61. The topological polar surface area (TPSA) is 0 Å². The number of fused-ring (bicyclic) bond motifs is 2. The van der Waals surface area contributed by atoms with Gasteiger partial charge < -0.3 is 0 Å². The van der Waals surface area contributed by atoms with E-state index in [0.717, 1.165) is 0 Å². The SMILES string of the molecule is [c]1csc2cc3ccccc3cc12. The smallest absolute Gasteiger partial charge is 0.0355 e. The molecule has 0 fully saturated rings. The van der Waals surface area contributed by atoms with Gasteiger partial charge in [-0.05, 0) is 28.3 Å². The van der Waals surface area contributed by atoms with E-state index in [1.807, 2.05) is 5.38 Å². The second kappa shape index (κ2) is 2.57. The van der Waals surface area contributed by atoms with E-state index < -0.39 is 0 Å². The standard InChI is InChI=1S/C12H7S/c1-2-4-10-8-12-11(5-6-13-12)7-9(10)3-1/h1-4,6-8H. The summed E-state index contributed by atoms with van der Waals surface area (Å²) in [4.78, 5) is 0. The van der Waals surface area contributed by atoms with E-state index in [0.29, 0.717) is 0 Å². The lowest BCUT2D eigenvalue weighted by Crippen LogP contribution is -1.70. The first kappa shape index (κ1) is 7.10. The molecule has 0 amide bonds. The molecule has 0 aliphatic rings. The highest BCUT2D eigenvalue weighted by atomic mass is 32.1. The third-order valence-corrected chi connectivity index (χ3v) is 3.08. The van der Waals surface area contributed by atoms with Crippen LogP contribution in [0.3, 0.4) is 0 Å². The van der Waals surface area contributed by atoms with Crippen LogP contribution in [0.4, 0.5) is 0 Å². The zero-order chi connectivity index (χ0) is 8.67. The normalized spacial score (nSPS) is 11.1. The van der Waals surface area contributed by atoms with Gasteiger partial charge in [0.05, 0.1) is 0 Å². The van der Waals surface area contributed by atoms with Crippen molar-refractivity contribution < 1.29 is 0 Å². The molecule has 0 spiro atoms. The zero-order valence-corrected chi connectivity index (χ0v) is 7.77. The first-order valence-electron chi connectivity index (χ1n) is 4.21. The summed E-state index contributed by atoms with van der Waals surface area (Å²) in [6.45, 7) is 0. The summed E-state index contributed by atoms with van der Waals surface area (Å²) in [6, 6.07) is 16.1. The van der Waals surface area contributed by atoms with Gasteiger partial charge in [-0.25, -0.2) is 0 Å². The summed E-state index contributed by atoms with van der Waals surface area (Å²) in [5.74, 6) is 0. The Labute approximate surface area is 80.4 Å². The molecule has 1 radical (unpaired) electrons. The van der Waals surface area contributed by atoms with Crippen LogP contribution in [0.2, 0.25) is 0 Å². The Morgan fingerprint density at radius 3 is 2.62 bits per heavy atom. The van der Waals surface area contributed by atoms with Crippen molar-refractivity contribution in [2.75, 3.05) is 0 Å². The van der Waals surface area contributed by atoms with Crippen LogP contribution >= 0.6 is 11.3 Å². The predicted octanol–water partition coefficient (Wildman–Crippen LogP) is 3.85. The molecular formula is C12H7S. The maximum atomic E-state index is 3.23. The van der Waals surface area contributed by atoms with E-state index in [-0.39, 0.29) is 0 Å². The van der Waals surface area contributed by atoms with Crippen LogP contribution in [-0.4, -0.2) is 0 Å². The van der Waals surface area contributed by atoms with Gasteiger partial charge in [-0.2, -0.15) is 0 Å². The molecule has 0 aliphatic heterocycles. The first-order valence-corrected chi connectivity index (χ1v) is 5.09. The maximum absolute atomic E-state index is 3.23. The molecule has 1 heteroatoms. The number of rotatable bonds is 0. The van der Waals surface area contributed by atoms with Crippen molar-refractivity contribution in [2.24, 2.45) is 0 Å². The van der Waals surface area contributed by atoms with E-state index in [1.165, 1.54) is 20.9 Å². The molecule has 0 bridgehead atoms. The van der Waals surface area contributed by atoms with Crippen molar-refractivity contribution in [2.45, 2.75) is 0 Å². The number of thiophene rings is 1. The van der Waals surface area contributed by atoms with Gasteiger partial charge in [0.15, 0.2) is 0 Å². The highest BCUT2D eigenvalue weighted by Gasteiger charge is 1.97. The third kappa shape index (κ3) is 1.04. The molecule has 13 heavy (non-hydrogen) atoms. The van der Waals surface area contributed by atoms with Gasteiger partial charge in [-0.3, -0.25) is 0 Å². The molecule has 0 aliphatic carbocycles. The molecule has 61 valence electrons. The van der Waals surface area contributed by atoms with E-state index >= 15 is 0 Å². The van der Waals surface area contributed by atoms with E-state index in [9.17, 15) is 0 Å². The number of hydrogen-bond donors (Lipinski definition) is 0. The summed E-state index contributed by atoms with van der Waals surface area (Å²) >= 11 is 1.75. The van der Waals surface area contributed by atoms with Gasteiger partial charge in [0.2, 0.25) is 0 Å². The molecule has 3 rings (SSSR count). The fraction of sp³-hybridized carbons (Fsp3) is 0. The molecule has 0 N–H and O–H groups in total. The highest BCUT2D eigenvalue weighted by molar-refractivity contribution is 7.17. The van der Waals surface area contributed by atoms with Crippen molar-refractivity contribution >= 4 is 32.2 Å². The van der Waals surface area contributed by atoms with Crippen LogP contribution in [0.1, 0.15) is 0 Å². The van der Waals surface area contributed by atoms with Crippen molar-refractivity contribution in [1.82, 2.24) is 0 Å². The minimum atomic E-state index is 1.23. The fourth-order valence-electron chi connectivity index (χ4n) is 1.59. The summed E-state index contributed by atoms with van der Waals surface area (Å²) in [7, 11) is 0. The Balaban J connectivity index is 2.57. The molecule has 0 nitrogen and oxygen atoms in total. The van der Waals surface area contributed by atoms with Crippen molar-refractivity contribution in [3.63, 3.8) is 0 Å². The van der Waals surface area contributed by atoms with Gasteiger partial charge in [0, 0.05) is 16.2 Å². The lowest BCUT2D eigenvalue weighted by molar-refractivity contribution is 1.81. The summed E-state index contributed by atoms with van der Waals surface area (Å²) in [5, 5.41) is 5.85. The Hall–Kier alpha value is -1.34. The minimum absolute atomic E-state index is 1.23. The van der Waals surface area contributed by atoms with Gasteiger partial charge in [0.1, 0.15) is 0 Å². The van der Waals surface area contributed by atoms with Crippen LogP contribution in [0.25, 0.3) is 20.9 Å². The quantitative estimate of drug-likeness (QED) is 0.496. The van der Waals surface area contributed by atoms with Gasteiger partial charge in [-0.1, -0.05) is 24.3 Å². The molecule has 0 atom stereocenters. The summed E-state index contributed by atoms with van der Waals surface area (Å²) < 4.78 is 1.32. The van der Waals surface area contributed by atoms with E-state index in [1.54, 1.807) is 11.3 Å². The summed E-state index contributed by atoms with van der Waals surface area (Å²) in [6.07, 6.45) is 0. The van der Waals surface area contributed by atoms with Crippen LogP contribution < -0.4 is 0 Å². The maximum Gasteiger partial charge on any atom is 0.0355 e. The number of benzene rings is 2. The lowest BCUT2D eigenvalue weighted by atomic mass is 10.1. The van der Waals surface area contributed by atoms with Gasteiger partial charge in [-0.15, -0.1) is 11.3 Å². The van der Waals surface area contributed by atoms with Crippen molar-refractivity contribution in [1.29, 1.82) is 0 Å². The largest absolute Gasteiger partial charge is 0.143 e. The molecular weight excluding hydrogens is 176 g/mol. The van der Waals surface area contributed by atoms with E-state index in [2.05, 4.69) is 42.5 Å². The molecule has 1 heterocycles. The van der Waals surface area contributed by atoms with Gasteiger partial charge >= 0.3 is 0 Å². The molecule has 0 saturated heterocycles. The molecule has 3 aromatic rings. The lowest BCUT2D eigenvalue weighted by Gasteiger charge is -1.96. The van der Waals surface area contributed by atoms with Crippen LogP contribution in [0.5, 0.6) is 0 Å². The zero-order valence-electron chi connectivity index (χ0n) is 6.95. The Morgan fingerprint density at radius 2 is 1.77 bits per heavy atom. The third-order valence-electron chi connectivity index (χ3n) is 2.25. The van der Waals surface area contributed by atoms with E-state index in [4.69, 9.17) is 0 Å². The predicted molar refractivity (Wildman–Crippen MR) is 58.2 cm³/mol. The minimum Gasteiger partial charge on any atom is -0.143 e. The Kier molecular flexibility index (Phi) is 1.41. The van der Waals surface area contributed by atoms with Crippen LogP contribution in [0.15, 0.2) is 41.8 Å². The second-order valence-electron chi connectivity index (χ2n) is 3.08. The van der Waals surface area contributed by atoms with Crippen LogP contribution in [0, 0.1) is 6.07 Å². The van der Waals surface area contributed by atoms with Crippen LogP contribution in [-0.2, 0) is 0 Å². The Morgan fingerprint density at radius 1 is 1.00 bits per heavy atom. The molecule has 0 saturated carbocycles. The Bertz CT molecular complexity index is 514. The monoisotopic (exact) mass is 183 g/mol. The average molecular weight is 183 g/mol. The van der Waals surface area contributed by atoms with Crippen molar-refractivity contribution in [3.8, 4) is 0 Å². The van der Waals surface area contributed by atoms with Crippen molar-refractivity contribution in [3.05, 3.63) is 47.8 Å². The number of hydrogen-bond acceptors (Lipinski definition) is 1. The second-order valence-corrected chi connectivity index (χ2v) is 3.99. The fourth-order valence-corrected chi connectivity index (χ4v) is 2.34. The molecule has 0 unspecified atom stereocenters. The van der Waals surface area contributed by atoms with Gasteiger partial charge in [0.25, 0.3) is 0 Å². The highest BCUT2D eigenvalue weighted by Crippen LogP contribution is 2.25. The molecule has 2 aromatic carbocycles. The summed E-state index contributed by atoms with van der Waals surface area (Å²) in [5.41, 5.74) is 0. The first-order chi connectivity index (χ1) is 6.43.